The van der Waals surface area contributed by atoms with Gasteiger partial charge in [-0.25, -0.2) is 0 Å². The lowest BCUT2D eigenvalue weighted by Gasteiger charge is -2.35. The van der Waals surface area contributed by atoms with E-state index in [0.717, 1.165) is 32.7 Å². The largest absolute Gasteiger partial charge is 0.339 e. The Hall–Kier alpha value is -2.69. The Bertz CT molecular complexity index is 943. The van der Waals surface area contributed by atoms with E-state index in [2.05, 4.69) is 71.7 Å². The number of fused-ring (bicyclic) bond motifs is 1. The average Bonchev–Trinajstić information content (AvgIpc) is 2.78. The normalized spacial score (nSPS) is 16.1. The molecule has 1 atom stereocenters. The van der Waals surface area contributed by atoms with Gasteiger partial charge in [0.05, 0.1) is 6.54 Å². The Morgan fingerprint density at radius 2 is 1.59 bits per heavy atom. The van der Waals surface area contributed by atoms with Gasteiger partial charge >= 0.3 is 0 Å². The Morgan fingerprint density at radius 1 is 0.897 bits per heavy atom. The van der Waals surface area contributed by atoms with E-state index in [1.54, 1.807) is 0 Å². The highest BCUT2D eigenvalue weighted by Crippen LogP contribution is 2.20. The summed E-state index contributed by atoms with van der Waals surface area (Å²) in [5.41, 5.74) is 2.57. The molecule has 1 amide bonds. The Labute approximate surface area is 173 Å². The molecule has 0 bridgehead atoms. The maximum absolute atomic E-state index is 12.6. The van der Waals surface area contributed by atoms with Gasteiger partial charge in [-0.1, -0.05) is 72.8 Å². The van der Waals surface area contributed by atoms with Crippen molar-refractivity contribution in [2.24, 2.45) is 0 Å². The summed E-state index contributed by atoms with van der Waals surface area (Å²) in [6.07, 6.45) is 0. The predicted octanol–water partition coefficient (Wildman–Crippen LogP) is 3.83. The second-order valence-electron chi connectivity index (χ2n) is 7.81. The van der Waals surface area contributed by atoms with Gasteiger partial charge in [-0.2, -0.15) is 0 Å². The molecule has 3 aromatic rings. The third-order valence-corrected chi connectivity index (χ3v) is 5.86. The van der Waals surface area contributed by atoms with Crippen LogP contribution in [0.4, 0.5) is 0 Å². The van der Waals surface area contributed by atoms with Crippen molar-refractivity contribution in [3.8, 4) is 0 Å². The lowest BCUT2D eigenvalue weighted by Crippen LogP contribution is -2.50. The molecule has 1 aliphatic heterocycles. The molecular formula is C25H29N3O. The summed E-state index contributed by atoms with van der Waals surface area (Å²) in [7, 11) is 0. The SMILES string of the molecule is C[C@@H](NCC(=O)N1CCN(Cc2cccc3ccccc23)CC1)c1ccccc1. The van der Waals surface area contributed by atoms with Gasteiger partial charge in [0, 0.05) is 38.8 Å². The maximum Gasteiger partial charge on any atom is 0.236 e. The van der Waals surface area contributed by atoms with Gasteiger partial charge in [0.2, 0.25) is 5.91 Å². The summed E-state index contributed by atoms with van der Waals surface area (Å²) < 4.78 is 0. The molecule has 0 aliphatic carbocycles. The van der Waals surface area contributed by atoms with Gasteiger partial charge in [0.1, 0.15) is 0 Å². The van der Waals surface area contributed by atoms with E-state index in [-0.39, 0.29) is 11.9 Å². The minimum Gasteiger partial charge on any atom is -0.339 e. The molecule has 4 rings (SSSR count). The Kier molecular flexibility index (Phi) is 6.23. The van der Waals surface area contributed by atoms with Crippen molar-refractivity contribution in [2.45, 2.75) is 19.5 Å². The fraction of sp³-hybridized carbons (Fsp3) is 0.320. The number of hydrogen-bond acceptors (Lipinski definition) is 3. The zero-order valence-electron chi connectivity index (χ0n) is 17.1. The number of carbonyl (C=O) groups excluding carboxylic acids is 1. The van der Waals surface area contributed by atoms with Gasteiger partial charge in [0.15, 0.2) is 0 Å². The van der Waals surface area contributed by atoms with Crippen LogP contribution >= 0.6 is 0 Å². The number of nitrogens with zero attached hydrogens (tertiary/aromatic N) is 2. The van der Waals surface area contributed by atoms with Crippen LogP contribution in [-0.2, 0) is 11.3 Å². The summed E-state index contributed by atoms with van der Waals surface area (Å²) in [5, 5.41) is 5.98. The van der Waals surface area contributed by atoms with Crippen LogP contribution in [0.25, 0.3) is 10.8 Å². The van der Waals surface area contributed by atoms with Crippen molar-refractivity contribution in [3.05, 3.63) is 83.9 Å². The Morgan fingerprint density at radius 3 is 2.38 bits per heavy atom. The third kappa shape index (κ3) is 4.84. The smallest absolute Gasteiger partial charge is 0.236 e. The van der Waals surface area contributed by atoms with Crippen molar-refractivity contribution >= 4 is 16.7 Å². The monoisotopic (exact) mass is 387 g/mol. The van der Waals surface area contributed by atoms with Gasteiger partial charge in [0.25, 0.3) is 0 Å². The highest BCUT2D eigenvalue weighted by atomic mass is 16.2. The minimum absolute atomic E-state index is 0.174. The lowest BCUT2D eigenvalue weighted by atomic mass is 10.0. The quantitative estimate of drug-likeness (QED) is 0.698. The zero-order valence-corrected chi connectivity index (χ0v) is 17.1. The summed E-state index contributed by atoms with van der Waals surface area (Å²) in [6, 6.07) is 25.5. The van der Waals surface area contributed by atoms with Crippen molar-refractivity contribution in [3.63, 3.8) is 0 Å². The summed E-state index contributed by atoms with van der Waals surface area (Å²) in [6.45, 7) is 6.86. The van der Waals surface area contributed by atoms with E-state index < -0.39 is 0 Å². The number of hydrogen-bond donors (Lipinski definition) is 1. The van der Waals surface area contributed by atoms with Crippen LogP contribution < -0.4 is 5.32 Å². The molecule has 1 heterocycles. The molecule has 1 saturated heterocycles. The van der Waals surface area contributed by atoms with Crippen LogP contribution in [0, 0.1) is 0 Å². The predicted molar refractivity (Wildman–Crippen MR) is 119 cm³/mol. The molecule has 0 unspecified atom stereocenters. The molecule has 1 N–H and O–H groups in total. The molecule has 0 aromatic heterocycles. The van der Waals surface area contributed by atoms with Crippen LogP contribution in [0.5, 0.6) is 0 Å². The number of nitrogens with one attached hydrogen (secondary N) is 1. The molecule has 1 fully saturated rings. The van der Waals surface area contributed by atoms with E-state index >= 15 is 0 Å². The van der Waals surface area contributed by atoms with E-state index in [9.17, 15) is 4.79 Å². The second kappa shape index (κ2) is 9.21. The number of piperazine rings is 1. The molecule has 0 radical (unpaired) electrons. The van der Waals surface area contributed by atoms with E-state index in [0.29, 0.717) is 6.54 Å². The van der Waals surface area contributed by atoms with Crippen LogP contribution in [0.2, 0.25) is 0 Å². The van der Waals surface area contributed by atoms with Gasteiger partial charge in [-0.15, -0.1) is 0 Å². The number of benzene rings is 3. The topological polar surface area (TPSA) is 35.6 Å². The molecule has 29 heavy (non-hydrogen) atoms. The highest BCUT2D eigenvalue weighted by molar-refractivity contribution is 5.85. The van der Waals surface area contributed by atoms with E-state index in [4.69, 9.17) is 0 Å². The van der Waals surface area contributed by atoms with Crippen molar-refractivity contribution in [1.29, 1.82) is 0 Å². The first-order chi connectivity index (χ1) is 14.2. The van der Waals surface area contributed by atoms with E-state index in [1.165, 1.54) is 21.9 Å². The number of amides is 1. The van der Waals surface area contributed by atoms with E-state index in [1.807, 2.05) is 23.1 Å². The second-order valence-corrected chi connectivity index (χ2v) is 7.81. The summed E-state index contributed by atoms with van der Waals surface area (Å²) >= 11 is 0. The third-order valence-electron chi connectivity index (χ3n) is 5.86. The first-order valence-electron chi connectivity index (χ1n) is 10.5. The van der Waals surface area contributed by atoms with Crippen LogP contribution in [-0.4, -0.2) is 48.4 Å². The standard InChI is InChI=1S/C25H29N3O/c1-20(21-8-3-2-4-9-21)26-18-25(29)28-16-14-27(15-17-28)19-23-12-7-11-22-10-5-6-13-24(22)23/h2-13,20,26H,14-19H2,1H3/t20-/m1/s1. The molecule has 150 valence electrons. The molecular weight excluding hydrogens is 358 g/mol. The first-order valence-corrected chi connectivity index (χ1v) is 10.5. The average molecular weight is 388 g/mol. The van der Waals surface area contributed by atoms with Crippen LogP contribution in [0.1, 0.15) is 24.1 Å². The zero-order chi connectivity index (χ0) is 20.1. The number of carbonyl (C=O) groups is 1. The maximum atomic E-state index is 12.6. The fourth-order valence-electron chi connectivity index (χ4n) is 4.04. The van der Waals surface area contributed by atoms with Crippen molar-refractivity contribution < 1.29 is 4.79 Å². The minimum atomic E-state index is 0.174. The molecule has 1 aliphatic rings. The Balaban J connectivity index is 1.27. The molecule has 4 nitrogen and oxygen atoms in total. The lowest BCUT2D eigenvalue weighted by molar-refractivity contribution is -0.132. The fourth-order valence-corrected chi connectivity index (χ4v) is 4.04. The van der Waals surface area contributed by atoms with Gasteiger partial charge in [-0.05, 0) is 28.8 Å². The number of rotatable bonds is 6. The highest BCUT2D eigenvalue weighted by Gasteiger charge is 2.21. The van der Waals surface area contributed by atoms with Crippen LogP contribution in [0.3, 0.4) is 0 Å². The molecule has 0 spiro atoms. The van der Waals surface area contributed by atoms with Crippen molar-refractivity contribution in [2.75, 3.05) is 32.7 Å². The first kappa shape index (κ1) is 19.6. The molecule has 0 saturated carbocycles. The summed E-state index contributed by atoms with van der Waals surface area (Å²) in [4.78, 5) is 17.1. The molecule has 4 heteroatoms. The molecule has 3 aromatic carbocycles. The van der Waals surface area contributed by atoms with Gasteiger partial charge < -0.3 is 10.2 Å². The van der Waals surface area contributed by atoms with Gasteiger partial charge in [-0.3, -0.25) is 9.69 Å². The van der Waals surface area contributed by atoms with Crippen LogP contribution in [0.15, 0.2) is 72.8 Å². The summed E-state index contributed by atoms with van der Waals surface area (Å²) in [5.74, 6) is 0.192. The van der Waals surface area contributed by atoms with Crippen molar-refractivity contribution in [1.82, 2.24) is 15.1 Å².